The molecule has 1 amide bonds. The summed E-state index contributed by atoms with van der Waals surface area (Å²) in [5, 5.41) is 5.55. The lowest BCUT2D eigenvalue weighted by molar-refractivity contribution is 0.0959. The van der Waals surface area contributed by atoms with Crippen LogP contribution in [0.4, 0.5) is 0 Å². The number of rotatable bonds is 3. The number of fused-ring (bicyclic) bond motifs is 1. The van der Waals surface area contributed by atoms with E-state index < -0.39 is 0 Å². The van der Waals surface area contributed by atoms with E-state index >= 15 is 0 Å². The summed E-state index contributed by atoms with van der Waals surface area (Å²) in [6.45, 7) is 3.87. The van der Waals surface area contributed by atoms with Crippen LogP contribution >= 0.6 is 22.9 Å². The number of hydrogen-bond donors (Lipinski definition) is 1. The molecule has 1 aromatic heterocycles. The molecule has 0 saturated carbocycles. The van der Waals surface area contributed by atoms with Crippen LogP contribution in [0.2, 0.25) is 5.02 Å². The molecule has 23 heavy (non-hydrogen) atoms. The lowest BCUT2D eigenvalue weighted by Gasteiger charge is -2.02. The molecular weight excluding hydrogens is 328 g/mol. The first-order valence-corrected chi connectivity index (χ1v) is 8.34. The topological polar surface area (TPSA) is 41.5 Å². The minimum atomic E-state index is -0.288. The number of carbonyl (C=O) groups is 1. The van der Waals surface area contributed by atoms with Gasteiger partial charge in [-0.15, -0.1) is 11.3 Å². The predicted molar refractivity (Wildman–Crippen MR) is 97.7 cm³/mol. The summed E-state index contributed by atoms with van der Waals surface area (Å²) in [5.74, 6) is -0.288. The molecule has 3 nitrogen and oxygen atoms in total. The van der Waals surface area contributed by atoms with E-state index in [1.807, 2.05) is 62.4 Å². The summed E-state index contributed by atoms with van der Waals surface area (Å²) in [7, 11) is 0. The average molecular weight is 343 g/mol. The van der Waals surface area contributed by atoms with Crippen molar-refractivity contribution in [2.24, 2.45) is 5.10 Å². The minimum absolute atomic E-state index is 0.288. The van der Waals surface area contributed by atoms with Gasteiger partial charge in [-0.3, -0.25) is 4.79 Å². The van der Waals surface area contributed by atoms with E-state index in [4.69, 9.17) is 11.6 Å². The van der Waals surface area contributed by atoms with E-state index in [0.717, 1.165) is 26.9 Å². The average Bonchev–Trinajstić information content (AvgIpc) is 2.89. The molecule has 0 aliphatic rings. The highest BCUT2D eigenvalue weighted by Gasteiger charge is 2.16. The third kappa shape index (κ3) is 3.28. The van der Waals surface area contributed by atoms with E-state index in [-0.39, 0.29) is 5.91 Å². The molecule has 2 aromatic carbocycles. The maximum absolute atomic E-state index is 12.4. The van der Waals surface area contributed by atoms with Crippen LogP contribution in [0.15, 0.2) is 53.6 Å². The van der Waals surface area contributed by atoms with Gasteiger partial charge in [-0.1, -0.05) is 54.1 Å². The number of halogens is 1. The number of nitrogens with one attached hydrogen (secondary N) is 1. The second-order valence-electron chi connectivity index (χ2n) is 5.25. The van der Waals surface area contributed by atoms with Crippen LogP contribution in [0.5, 0.6) is 0 Å². The second-order valence-corrected chi connectivity index (χ2v) is 6.68. The number of thiophene rings is 1. The highest BCUT2D eigenvalue weighted by atomic mass is 35.5. The van der Waals surface area contributed by atoms with E-state index in [1.165, 1.54) is 11.3 Å². The van der Waals surface area contributed by atoms with Gasteiger partial charge in [0.2, 0.25) is 0 Å². The normalized spacial score (nSPS) is 11.7. The van der Waals surface area contributed by atoms with Crippen molar-refractivity contribution >= 4 is 44.6 Å². The van der Waals surface area contributed by atoms with Crippen LogP contribution in [0, 0.1) is 6.92 Å². The van der Waals surface area contributed by atoms with Gasteiger partial charge in [0.05, 0.1) is 10.7 Å². The summed E-state index contributed by atoms with van der Waals surface area (Å²) in [5.41, 5.74) is 5.43. The van der Waals surface area contributed by atoms with Crippen molar-refractivity contribution in [1.82, 2.24) is 5.43 Å². The third-order valence-electron chi connectivity index (χ3n) is 3.51. The Bertz CT molecular complexity index is 900. The molecule has 1 N–H and O–H groups in total. The van der Waals surface area contributed by atoms with Crippen molar-refractivity contribution in [3.63, 3.8) is 0 Å². The summed E-state index contributed by atoms with van der Waals surface area (Å²) in [4.78, 5) is 12.8. The van der Waals surface area contributed by atoms with Gasteiger partial charge < -0.3 is 0 Å². The minimum Gasteiger partial charge on any atom is -0.266 e. The third-order valence-corrected chi connectivity index (χ3v) is 5.16. The first-order valence-electron chi connectivity index (χ1n) is 7.15. The van der Waals surface area contributed by atoms with Crippen LogP contribution in [0.1, 0.15) is 27.7 Å². The second kappa shape index (κ2) is 6.52. The largest absolute Gasteiger partial charge is 0.283 e. The highest BCUT2D eigenvalue weighted by Crippen LogP contribution is 2.35. The Labute approximate surface area is 143 Å². The summed E-state index contributed by atoms with van der Waals surface area (Å²) < 4.78 is 1.00. The number of carbonyl (C=O) groups excluding carboxylic acids is 1. The van der Waals surface area contributed by atoms with Gasteiger partial charge in [0.1, 0.15) is 4.88 Å². The fourth-order valence-electron chi connectivity index (χ4n) is 2.25. The molecule has 5 heteroatoms. The van der Waals surface area contributed by atoms with E-state index in [2.05, 4.69) is 10.5 Å². The molecule has 0 aliphatic carbocycles. The molecule has 3 rings (SSSR count). The fraction of sp³-hybridized carbons (Fsp3) is 0.111. The maximum atomic E-state index is 12.4. The van der Waals surface area contributed by atoms with Gasteiger partial charge in [0.25, 0.3) is 5.91 Å². The molecule has 1 heterocycles. The molecule has 3 aromatic rings. The van der Waals surface area contributed by atoms with E-state index in [1.54, 1.807) is 0 Å². The Kier molecular flexibility index (Phi) is 4.46. The number of nitrogens with zero attached hydrogens (tertiary/aromatic N) is 1. The molecule has 0 spiro atoms. The van der Waals surface area contributed by atoms with Crippen molar-refractivity contribution in [3.05, 3.63) is 69.6 Å². The van der Waals surface area contributed by atoms with Gasteiger partial charge in [-0.25, -0.2) is 5.43 Å². The van der Waals surface area contributed by atoms with Crippen molar-refractivity contribution in [2.75, 3.05) is 0 Å². The standard InChI is InChI=1S/C18H15ClN2OS/c1-11-8-9-14-15(10-11)23-17(16(14)19)18(22)21-20-12(2)13-6-4-3-5-7-13/h3-10H,1-2H3,(H,21,22). The van der Waals surface area contributed by atoms with Crippen molar-refractivity contribution in [3.8, 4) is 0 Å². The van der Waals surface area contributed by atoms with Gasteiger partial charge in [-0.05, 0) is 31.0 Å². The summed E-state index contributed by atoms with van der Waals surface area (Å²) >= 11 is 7.72. The molecular formula is C18H15ClN2OS. The lowest BCUT2D eigenvalue weighted by atomic mass is 10.1. The van der Waals surface area contributed by atoms with Crippen LogP contribution in [-0.4, -0.2) is 11.6 Å². The molecule has 0 fully saturated rings. The van der Waals surface area contributed by atoms with E-state index in [0.29, 0.717) is 9.90 Å². The number of hydrazone groups is 1. The zero-order valence-corrected chi connectivity index (χ0v) is 14.3. The predicted octanol–water partition coefficient (Wildman–Crippen LogP) is 5.02. The number of aryl methyl sites for hydroxylation is 1. The summed E-state index contributed by atoms with van der Waals surface area (Å²) in [6, 6.07) is 15.7. The summed E-state index contributed by atoms with van der Waals surface area (Å²) in [6.07, 6.45) is 0. The smallest absolute Gasteiger partial charge is 0.266 e. The molecule has 0 unspecified atom stereocenters. The van der Waals surface area contributed by atoms with Crippen LogP contribution in [0.3, 0.4) is 0 Å². The SMILES string of the molecule is CC(=NNC(=O)c1sc2cc(C)ccc2c1Cl)c1ccccc1. The number of benzene rings is 2. The zero-order chi connectivity index (χ0) is 16.4. The molecule has 0 atom stereocenters. The van der Waals surface area contributed by atoms with Gasteiger partial charge >= 0.3 is 0 Å². The maximum Gasteiger partial charge on any atom is 0.283 e. The molecule has 0 radical (unpaired) electrons. The van der Waals surface area contributed by atoms with Crippen molar-refractivity contribution in [2.45, 2.75) is 13.8 Å². The zero-order valence-electron chi connectivity index (χ0n) is 12.8. The Morgan fingerprint density at radius 1 is 1.17 bits per heavy atom. The fourth-order valence-corrected chi connectivity index (χ4v) is 3.75. The van der Waals surface area contributed by atoms with Crippen molar-refractivity contribution in [1.29, 1.82) is 0 Å². The molecule has 0 aliphatic heterocycles. The molecule has 0 saturated heterocycles. The Balaban J connectivity index is 1.85. The first kappa shape index (κ1) is 15.7. The van der Waals surface area contributed by atoms with Gasteiger partial charge in [0, 0.05) is 10.1 Å². The molecule has 116 valence electrons. The highest BCUT2D eigenvalue weighted by molar-refractivity contribution is 7.21. The van der Waals surface area contributed by atoms with Crippen molar-refractivity contribution < 1.29 is 4.79 Å². The molecule has 0 bridgehead atoms. The van der Waals surface area contributed by atoms with Crippen LogP contribution in [-0.2, 0) is 0 Å². The first-order chi connectivity index (χ1) is 11.1. The Morgan fingerprint density at radius 3 is 2.65 bits per heavy atom. The Hall–Kier alpha value is -2.17. The number of hydrogen-bond acceptors (Lipinski definition) is 3. The monoisotopic (exact) mass is 342 g/mol. The van der Waals surface area contributed by atoms with Gasteiger partial charge in [-0.2, -0.15) is 5.10 Å². The lowest BCUT2D eigenvalue weighted by Crippen LogP contribution is -2.18. The quantitative estimate of drug-likeness (QED) is 0.527. The van der Waals surface area contributed by atoms with Gasteiger partial charge in [0.15, 0.2) is 0 Å². The Morgan fingerprint density at radius 2 is 1.91 bits per heavy atom. The van der Waals surface area contributed by atoms with Crippen LogP contribution in [0.25, 0.3) is 10.1 Å². The number of amides is 1. The van der Waals surface area contributed by atoms with Crippen LogP contribution < -0.4 is 5.43 Å². The van der Waals surface area contributed by atoms with E-state index in [9.17, 15) is 4.79 Å².